The van der Waals surface area contributed by atoms with Gasteiger partial charge in [0.25, 0.3) is 0 Å². The van der Waals surface area contributed by atoms with Crippen LogP contribution in [0.15, 0.2) is 59.5 Å². The van der Waals surface area contributed by atoms with E-state index in [0.29, 0.717) is 16.3 Å². The van der Waals surface area contributed by atoms with E-state index in [-0.39, 0.29) is 4.90 Å². The first-order valence-electron chi connectivity index (χ1n) is 6.23. The van der Waals surface area contributed by atoms with Crippen LogP contribution in [0.4, 0.5) is 5.69 Å². The predicted octanol–water partition coefficient (Wildman–Crippen LogP) is 2.64. The third kappa shape index (κ3) is 4.42. The number of anilines is 1. The second-order valence-corrected chi connectivity index (χ2v) is 6.39. The van der Waals surface area contributed by atoms with Gasteiger partial charge in [0.2, 0.25) is 15.9 Å². The lowest BCUT2D eigenvalue weighted by atomic mass is 10.2. The van der Waals surface area contributed by atoms with Gasteiger partial charge < -0.3 is 5.32 Å². The van der Waals surface area contributed by atoms with Crippen molar-refractivity contribution in [1.29, 1.82) is 0 Å². The Morgan fingerprint density at radius 1 is 1.14 bits per heavy atom. The number of halogens is 1. The molecule has 0 aromatic heterocycles. The molecule has 0 aliphatic rings. The molecule has 114 valence electrons. The fourth-order valence-electron chi connectivity index (χ4n) is 1.71. The van der Waals surface area contributed by atoms with Crippen LogP contribution in [-0.4, -0.2) is 14.3 Å². The molecule has 0 fully saturated rings. The van der Waals surface area contributed by atoms with Gasteiger partial charge in [0, 0.05) is 16.8 Å². The zero-order chi connectivity index (χ0) is 16.2. The number of hydrogen-bond donors (Lipinski definition) is 2. The maximum absolute atomic E-state index is 11.8. The average Bonchev–Trinajstić information content (AvgIpc) is 2.46. The molecule has 2 rings (SSSR count). The number of sulfonamides is 1. The molecule has 22 heavy (non-hydrogen) atoms. The molecular weight excluding hydrogens is 324 g/mol. The van der Waals surface area contributed by atoms with E-state index in [9.17, 15) is 13.2 Å². The van der Waals surface area contributed by atoms with Crippen LogP contribution in [0.5, 0.6) is 0 Å². The van der Waals surface area contributed by atoms with Crippen LogP contribution < -0.4 is 10.5 Å². The first-order chi connectivity index (χ1) is 10.4. The normalized spacial score (nSPS) is 11.5. The molecule has 2 aromatic rings. The highest BCUT2D eigenvalue weighted by molar-refractivity contribution is 7.89. The lowest BCUT2D eigenvalue weighted by Crippen LogP contribution is -2.13. The van der Waals surface area contributed by atoms with E-state index in [1.807, 2.05) is 0 Å². The van der Waals surface area contributed by atoms with Crippen molar-refractivity contribution in [1.82, 2.24) is 0 Å². The minimum atomic E-state index is -3.81. The van der Waals surface area contributed by atoms with Gasteiger partial charge in [-0.1, -0.05) is 35.9 Å². The first-order valence-corrected chi connectivity index (χ1v) is 8.15. The van der Waals surface area contributed by atoms with E-state index in [1.54, 1.807) is 36.4 Å². The van der Waals surface area contributed by atoms with Gasteiger partial charge in [0.1, 0.15) is 0 Å². The van der Waals surface area contributed by atoms with Crippen molar-refractivity contribution in [3.63, 3.8) is 0 Å². The van der Waals surface area contributed by atoms with Crippen LogP contribution in [0.1, 0.15) is 5.56 Å². The van der Waals surface area contributed by atoms with Gasteiger partial charge in [-0.15, -0.1) is 0 Å². The molecule has 0 aliphatic carbocycles. The number of primary sulfonamides is 1. The molecule has 0 aliphatic heterocycles. The van der Waals surface area contributed by atoms with E-state index in [4.69, 9.17) is 16.7 Å². The molecule has 0 radical (unpaired) electrons. The van der Waals surface area contributed by atoms with E-state index >= 15 is 0 Å². The summed E-state index contributed by atoms with van der Waals surface area (Å²) in [5.74, 6) is -0.411. The molecule has 0 spiro atoms. The summed E-state index contributed by atoms with van der Waals surface area (Å²) in [6.07, 6.45) is 2.88. The standard InChI is InChI=1S/C15H13ClN2O3S/c16-14-7-2-1-4-11(14)8-9-15(19)18-12-5-3-6-13(10-12)22(17,20)21/h1-10H,(H,18,19)(H2,17,20,21). The third-order valence-corrected chi connectivity index (χ3v) is 4.00. The third-order valence-electron chi connectivity index (χ3n) is 2.75. The lowest BCUT2D eigenvalue weighted by Gasteiger charge is -2.04. The van der Waals surface area contributed by atoms with Gasteiger partial charge in [-0.3, -0.25) is 4.79 Å². The summed E-state index contributed by atoms with van der Waals surface area (Å²) in [6.45, 7) is 0. The molecule has 0 atom stereocenters. The van der Waals surface area contributed by atoms with Crippen LogP contribution in [0.3, 0.4) is 0 Å². The van der Waals surface area contributed by atoms with Crippen LogP contribution in [0, 0.1) is 0 Å². The average molecular weight is 337 g/mol. The molecule has 0 saturated carbocycles. The number of amides is 1. The highest BCUT2D eigenvalue weighted by Gasteiger charge is 2.08. The SMILES string of the molecule is NS(=O)(=O)c1cccc(NC(=O)C=Cc2ccccc2Cl)c1. The Labute approximate surface area is 133 Å². The summed E-state index contributed by atoms with van der Waals surface area (Å²) < 4.78 is 22.5. The number of nitrogens with two attached hydrogens (primary N) is 1. The Kier molecular flexibility index (Phi) is 4.97. The van der Waals surface area contributed by atoms with E-state index in [0.717, 1.165) is 0 Å². The number of hydrogen-bond acceptors (Lipinski definition) is 3. The maximum Gasteiger partial charge on any atom is 0.248 e. The number of carbonyl (C=O) groups is 1. The molecule has 7 heteroatoms. The number of rotatable bonds is 4. The monoisotopic (exact) mass is 336 g/mol. The summed E-state index contributed by atoms with van der Waals surface area (Å²) in [5.41, 5.74) is 1.04. The Hall–Kier alpha value is -2.15. The lowest BCUT2D eigenvalue weighted by molar-refractivity contribution is -0.111. The topological polar surface area (TPSA) is 89.3 Å². The second kappa shape index (κ2) is 6.74. The smallest absolute Gasteiger partial charge is 0.248 e. The maximum atomic E-state index is 11.8. The highest BCUT2D eigenvalue weighted by Crippen LogP contribution is 2.17. The summed E-state index contributed by atoms with van der Waals surface area (Å²) in [6, 6.07) is 12.8. The van der Waals surface area contributed by atoms with Crippen molar-refractivity contribution in [3.8, 4) is 0 Å². The van der Waals surface area contributed by atoms with Gasteiger partial charge in [-0.05, 0) is 35.9 Å². The van der Waals surface area contributed by atoms with Crippen LogP contribution >= 0.6 is 11.6 Å². The van der Waals surface area contributed by atoms with Crippen molar-refractivity contribution in [2.75, 3.05) is 5.32 Å². The largest absolute Gasteiger partial charge is 0.322 e. The van der Waals surface area contributed by atoms with Gasteiger partial charge in [-0.2, -0.15) is 0 Å². The molecular formula is C15H13ClN2O3S. The fraction of sp³-hybridized carbons (Fsp3) is 0. The first kappa shape index (κ1) is 16.2. The second-order valence-electron chi connectivity index (χ2n) is 4.42. The van der Waals surface area contributed by atoms with Gasteiger partial charge >= 0.3 is 0 Å². The molecule has 2 aromatic carbocycles. The van der Waals surface area contributed by atoms with E-state index in [2.05, 4.69) is 5.32 Å². The Morgan fingerprint density at radius 2 is 1.86 bits per heavy atom. The van der Waals surface area contributed by atoms with E-state index in [1.165, 1.54) is 24.3 Å². The van der Waals surface area contributed by atoms with E-state index < -0.39 is 15.9 Å². The molecule has 0 heterocycles. The summed E-state index contributed by atoms with van der Waals surface area (Å²) in [4.78, 5) is 11.8. The fourth-order valence-corrected chi connectivity index (χ4v) is 2.47. The summed E-state index contributed by atoms with van der Waals surface area (Å²) in [7, 11) is -3.81. The van der Waals surface area contributed by atoms with Crippen molar-refractivity contribution in [2.45, 2.75) is 4.90 Å². The summed E-state index contributed by atoms with van der Waals surface area (Å²) >= 11 is 5.98. The van der Waals surface area contributed by atoms with Crippen LogP contribution in [0.2, 0.25) is 5.02 Å². The Morgan fingerprint density at radius 3 is 2.55 bits per heavy atom. The molecule has 0 bridgehead atoms. The van der Waals surface area contributed by atoms with Gasteiger partial charge in [0.05, 0.1) is 4.90 Å². The van der Waals surface area contributed by atoms with Gasteiger partial charge in [0.15, 0.2) is 0 Å². The molecule has 0 unspecified atom stereocenters. The quantitative estimate of drug-likeness (QED) is 0.841. The predicted molar refractivity (Wildman–Crippen MR) is 86.9 cm³/mol. The Bertz CT molecular complexity index is 832. The van der Waals surface area contributed by atoms with Crippen molar-refractivity contribution in [2.24, 2.45) is 5.14 Å². The zero-order valence-electron chi connectivity index (χ0n) is 11.4. The van der Waals surface area contributed by atoms with Gasteiger partial charge in [-0.25, -0.2) is 13.6 Å². The molecule has 0 saturated heterocycles. The van der Waals surface area contributed by atoms with Crippen molar-refractivity contribution >= 4 is 39.3 Å². The molecule has 3 N–H and O–H groups in total. The minimum absolute atomic E-state index is 0.0691. The Balaban J connectivity index is 2.11. The summed E-state index contributed by atoms with van der Waals surface area (Å²) in [5, 5.41) is 8.12. The minimum Gasteiger partial charge on any atom is -0.322 e. The number of carbonyl (C=O) groups excluding carboxylic acids is 1. The number of nitrogens with one attached hydrogen (secondary N) is 1. The molecule has 1 amide bonds. The van der Waals surface area contributed by atoms with Crippen LogP contribution in [-0.2, 0) is 14.8 Å². The van der Waals surface area contributed by atoms with Crippen LogP contribution in [0.25, 0.3) is 6.08 Å². The van der Waals surface area contributed by atoms with Crippen molar-refractivity contribution in [3.05, 3.63) is 65.2 Å². The van der Waals surface area contributed by atoms with Crippen molar-refractivity contribution < 1.29 is 13.2 Å². The zero-order valence-corrected chi connectivity index (χ0v) is 12.9. The highest BCUT2D eigenvalue weighted by atomic mass is 35.5. The molecule has 5 nitrogen and oxygen atoms in total. The number of benzene rings is 2.